The summed E-state index contributed by atoms with van der Waals surface area (Å²) in [6.45, 7) is 3.30. The third kappa shape index (κ3) is 5.11. The normalized spacial score (nSPS) is 11.2. The van der Waals surface area contributed by atoms with Crippen molar-refractivity contribution < 1.29 is 29.3 Å². The number of phenols is 2. The summed E-state index contributed by atoms with van der Waals surface area (Å²) in [4.78, 5) is 23.2. The second-order valence-electron chi connectivity index (χ2n) is 4.75. The Kier molecular flexibility index (Phi) is 7.40. The van der Waals surface area contributed by atoms with Crippen LogP contribution in [0.2, 0.25) is 0 Å². The van der Waals surface area contributed by atoms with E-state index in [4.69, 9.17) is 20.0 Å². The first-order chi connectivity index (χ1) is 12.4. The molecule has 0 heterocycles. The van der Waals surface area contributed by atoms with Gasteiger partial charge in [0.2, 0.25) is 0 Å². The number of nitrogens with zero attached hydrogens (tertiary/aromatic N) is 2. The van der Waals surface area contributed by atoms with Crippen molar-refractivity contribution >= 4 is 24.1 Å². The Labute approximate surface area is 149 Å². The minimum absolute atomic E-state index is 0.0149. The quantitative estimate of drug-likeness (QED) is 0.341. The zero-order valence-electron chi connectivity index (χ0n) is 14.1. The van der Waals surface area contributed by atoms with Gasteiger partial charge in [0.25, 0.3) is 0 Å². The Morgan fingerprint density at radius 1 is 0.923 bits per heavy atom. The number of rotatable bonds is 6. The molecule has 1 aromatic rings. The van der Waals surface area contributed by atoms with Crippen LogP contribution in [0.15, 0.2) is 23.3 Å². The number of benzene rings is 1. The maximum atomic E-state index is 11.6. The van der Waals surface area contributed by atoms with Gasteiger partial charge in [0, 0.05) is 11.1 Å². The third-order valence-corrected chi connectivity index (χ3v) is 3.01. The molecule has 8 nitrogen and oxygen atoms in total. The molecule has 0 saturated carbocycles. The molecule has 0 amide bonds. The summed E-state index contributed by atoms with van der Waals surface area (Å²) in [5.74, 6) is -2.50. The van der Waals surface area contributed by atoms with Crippen LogP contribution < -0.4 is 0 Å². The van der Waals surface area contributed by atoms with Crippen LogP contribution in [0, 0.1) is 22.7 Å². The van der Waals surface area contributed by atoms with Gasteiger partial charge in [-0.3, -0.25) is 0 Å². The highest BCUT2D eigenvalue weighted by Gasteiger charge is 2.15. The standard InChI is InChI=1S/C18H16N2O6/c1-3-25-17(23)13(9-19)5-11-7-16(22)12(8-15(11)21)6-14(10-20)18(24)26-4-2/h5-8,21-22H,3-4H2,1-2H3/b13-5+,14-6+. The SMILES string of the molecule is CCOC(=O)/C(C#N)=C/c1cc(O)c(/C=C(\C#N)C(=O)OCC)cc1O. The van der Waals surface area contributed by atoms with Gasteiger partial charge in [-0.15, -0.1) is 0 Å². The van der Waals surface area contributed by atoms with Crippen LogP contribution in [0.5, 0.6) is 11.5 Å². The van der Waals surface area contributed by atoms with Gasteiger partial charge < -0.3 is 19.7 Å². The lowest BCUT2D eigenvalue weighted by molar-refractivity contribution is -0.138. The van der Waals surface area contributed by atoms with Gasteiger partial charge in [-0.05, 0) is 38.1 Å². The molecule has 0 spiro atoms. The van der Waals surface area contributed by atoms with Crippen LogP contribution >= 0.6 is 0 Å². The van der Waals surface area contributed by atoms with Crippen LogP contribution in [0.3, 0.4) is 0 Å². The van der Waals surface area contributed by atoms with Gasteiger partial charge in [-0.25, -0.2) is 9.59 Å². The molecule has 0 atom stereocenters. The summed E-state index contributed by atoms with van der Waals surface area (Å²) >= 11 is 0. The lowest BCUT2D eigenvalue weighted by Crippen LogP contribution is -2.06. The first kappa shape index (κ1) is 20.3. The fourth-order valence-corrected chi connectivity index (χ4v) is 1.84. The summed E-state index contributed by atoms with van der Waals surface area (Å²) in [5.41, 5.74) is -0.763. The largest absolute Gasteiger partial charge is 0.507 e. The number of hydrogen-bond acceptors (Lipinski definition) is 8. The van der Waals surface area contributed by atoms with Crippen molar-refractivity contribution in [3.05, 3.63) is 34.4 Å². The molecule has 0 aliphatic heterocycles. The molecule has 26 heavy (non-hydrogen) atoms. The molecule has 1 rings (SSSR count). The minimum Gasteiger partial charge on any atom is -0.507 e. The minimum atomic E-state index is -0.869. The van der Waals surface area contributed by atoms with Gasteiger partial charge in [0.15, 0.2) is 0 Å². The number of ether oxygens (including phenoxy) is 2. The average Bonchev–Trinajstić information content (AvgIpc) is 2.60. The molecule has 0 aromatic heterocycles. The van der Waals surface area contributed by atoms with E-state index in [0.717, 1.165) is 24.3 Å². The van der Waals surface area contributed by atoms with Crippen molar-refractivity contribution in [1.82, 2.24) is 0 Å². The van der Waals surface area contributed by atoms with Crippen molar-refractivity contribution in [1.29, 1.82) is 10.5 Å². The molecule has 2 N–H and O–H groups in total. The molecular formula is C18H16N2O6. The van der Waals surface area contributed by atoms with E-state index in [2.05, 4.69) is 0 Å². The number of esters is 2. The van der Waals surface area contributed by atoms with Crippen LogP contribution in [0.4, 0.5) is 0 Å². The van der Waals surface area contributed by atoms with Crippen LogP contribution in [0.25, 0.3) is 12.2 Å². The Morgan fingerprint density at radius 3 is 1.54 bits per heavy atom. The van der Waals surface area contributed by atoms with Gasteiger partial charge in [-0.2, -0.15) is 10.5 Å². The number of carbonyl (C=O) groups excluding carboxylic acids is 2. The Balaban J connectivity index is 3.32. The van der Waals surface area contributed by atoms with E-state index in [1.54, 1.807) is 26.0 Å². The van der Waals surface area contributed by atoms with E-state index < -0.39 is 11.9 Å². The first-order valence-electron chi connectivity index (χ1n) is 7.51. The average molecular weight is 356 g/mol. The molecule has 0 bridgehead atoms. The smallest absolute Gasteiger partial charge is 0.348 e. The summed E-state index contributed by atoms with van der Waals surface area (Å²) in [6, 6.07) is 5.45. The number of hydrogen-bond donors (Lipinski definition) is 2. The molecule has 134 valence electrons. The van der Waals surface area contributed by atoms with Crippen molar-refractivity contribution in [3.63, 3.8) is 0 Å². The molecule has 0 aliphatic carbocycles. The third-order valence-electron chi connectivity index (χ3n) is 3.01. The Hall–Kier alpha value is -3.78. The van der Waals surface area contributed by atoms with Crippen molar-refractivity contribution in [2.75, 3.05) is 13.2 Å². The highest BCUT2D eigenvalue weighted by molar-refractivity contribution is 5.99. The van der Waals surface area contributed by atoms with E-state index in [-0.39, 0.29) is 47.0 Å². The summed E-state index contributed by atoms with van der Waals surface area (Å²) in [6.07, 6.45) is 2.11. The molecule has 0 radical (unpaired) electrons. The van der Waals surface area contributed by atoms with E-state index in [0.29, 0.717) is 0 Å². The van der Waals surface area contributed by atoms with Crippen LogP contribution in [-0.4, -0.2) is 35.4 Å². The number of phenolic OH excluding ortho intramolecular Hbond substituents is 2. The maximum Gasteiger partial charge on any atom is 0.348 e. The maximum absolute atomic E-state index is 11.6. The lowest BCUT2D eigenvalue weighted by Gasteiger charge is -2.06. The van der Waals surface area contributed by atoms with Crippen LogP contribution in [-0.2, 0) is 19.1 Å². The number of nitriles is 2. The van der Waals surface area contributed by atoms with Crippen molar-refractivity contribution in [2.24, 2.45) is 0 Å². The number of aromatic hydroxyl groups is 2. The molecular weight excluding hydrogens is 340 g/mol. The zero-order valence-corrected chi connectivity index (χ0v) is 14.1. The van der Waals surface area contributed by atoms with E-state index in [9.17, 15) is 19.8 Å². The zero-order chi connectivity index (χ0) is 19.7. The summed E-state index contributed by atoms with van der Waals surface area (Å²) < 4.78 is 9.41. The fourth-order valence-electron chi connectivity index (χ4n) is 1.84. The van der Waals surface area contributed by atoms with Gasteiger partial charge in [0.1, 0.15) is 34.8 Å². The predicted molar refractivity (Wildman–Crippen MR) is 90.2 cm³/mol. The van der Waals surface area contributed by atoms with E-state index in [1.807, 2.05) is 0 Å². The molecule has 0 unspecified atom stereocenters. The Bertz CT molecular complexity index is 784. The summed E-state index contributed by atoms with van der Waals surface area (Å²) in [7, 11) is 0. The highest BCUT2D eigenvalue weighted by Crippen LogP contribution is 2.30. The second kappa shape index (κ2) is 9.50. The summed E-state index contributed by atoms with van der Waals surface area (Å²) in [5, 5.41) is 38.1. The molecule has 0 saturated heterocycles. The number of carbonyl (C=O) groups is 2. The van der Waals surface area contributed by atoms with E-state index >= 15 is 0 Å². The Morgan fingerprint density at radius 2 is 1.27 bits per heavy atom. The molecule has 1 aromatic carbocycles. The lowest BCUT2D eigenvalue weighted by atomic mass is 10.0. The first-order valence-corrected chi connectivity index (χ1v) is 7.51. The van der Waals surface area contributed by atoms with Crippen LogP contribution in [0.1, 0.15) is 25.0 Å². The fraction of sp³-hybridized carbons (Fsp3) is 0.222. The second-order valence-corrected chi connectivity index (χ2v) is 4.75. The molecule has 0 aliphatic rings. The van der Waals surface area contributed by atoms with Crippen molar-refractivity contribution in [2.45, 2.75) is 13.8 Å². The molecule has 0 fully saturated rings. The molecule has 8 heteroatoms. The van der Waals surface area contributed by atoms with Crippen molar-refractivity contribution in [3.8, 4) is 23.6 Å². The topological polar surface area (TPSA) is 141 Å². The van der Waals surface area contributed by atoms with Gasteiger partial charge >= 0.3 is 11.9 Å². The van der Waals surface area contributed by atoms with Gasteiger partial charge in [-0.1, -0.05) is 0 Å². The predicted octanol–water partition coefficient (Wildman–Crippen LogP) is 2.04. The van der Waals surface area contributed by atoms with E-state index in [1.165, 1.54) is 0 Å². The highest BCUT2D eigenvalue weighted by atomic mass is 16.5. The van der Waals surface area contributed by atoms with Gasteiger partial charge in [0.05, 0.1) is 13.2 Å². The monoisotopic (exact) mass is 356 g/mol.